The van der Waals surface area contributed by atoms with Crippen LogP contribution in [-0.2, 0) is 23.0 Å². The van der Waals surface area contributed by atoms with E-state index in [0.717, 1.165) is 16.9 Å². The van der Waals surface area contributed by atoms with Crippen molar-refractivity contribution >= 4 is 15.9 Å². The summed E-state index contributed by atoms with van der Waals surface area (Å²) in [6.45, 7) is 1.05. The van der Waals surface area contributed by atoms with Gasteiger partial charge in [-0.2, -0.15) is 4.31 Å². The molecule has 1 aliphatic heterocycles. The van der Waals surface area contributed by atoms with Crippen molar-refractivity contribution in [2.45, 2.75) is 19.4 Å². The maximum atomic E-state index is 12.8. The highest BCUT2D eigenvalue weighted by molar-refractivity contribution is 7.89. The zero-order valence-electron chi connectivity index (χ0n) is 18.0. The molecule has 2 aromatic carbocycles. The third-order valence-electron chi connectivity index (χ3n) is 5.26. The van der Waals surface area contributed by atoms with Gasteiger partial charge in [0.15, 0.2) is 0 Å². The molecule has 0 aromatic heterocycles. The van der Waals surface area contributed by atoms with Crippen LogP contribution in [0.2, 0.25) is 0 Å². The first-order valence-electron chi connectivity index (χ1n) is 10.0. The summed E-state index contributed by atoms with van der Waals surface area (Å²) < 4.78 is 42.6. The Balaban J connectivity index is 1.52. The minimum atomic E-state index is -3.41. The minimum absolute atomic E-state index is 0.0276. The maximum Gasteiger partial charge on any atom is 0.251 e. The van der Waals surface area contributed by atoms with Crippen molar-refractivity contribution in [3.8, 4) is 17.2 Å². The number of hydrogen-bond acceptors (Lipinski definition) is 6. The Morgan fingerprint density at radius 2 is 1.65 bits per heavy atom. The average molecular weight is 449 g/mol. The molecular formula is C22H28N2O6S. The quantitative estimate of drug-likeness (QED) is 0.591. The minimum Gasteiger partial charge on any atom is -0.497 e. The molecule has 8 nitrogen and oxygen atoms in total. The molecule has 1 amide bonds. The van der Waals surface area contributed by atoms with E-state index in [0.29, 0.717) is 43.0 Å². The number of amides is 1. The second-order valence-electron chi connectivity index (χ2n) is 7.25. The van der Waals surface area contributed by atoms with Gasteiger partial charge in [-0.25, -0.2) is 8.42 Å². The smallest absolute Gasteiger partial charge is 0.251 e. The van der Waals surface area contributed by atoms with Gasteiger partial charge >= 0.3 is 0 Å². The highest BCUT2D eigenvalue weighted by Gasteiger charge is 2.26. The monoisotopic (exact) mass is 448 g/mol. The molecule has 31 heavy (non-hydrogen) atoms. The van der Waals surface area contributed by atoms with E-state index in [1.807, 2.05) is 18.2 Å². The lowest BCUT2D eigenvalue weighted by Crippen LogP contribution is -2.38. The van der Waals surface area contributed by atoms with Crippen molar-refractivity contribution in [3.63, 3.8) is 0 Å². The second-order valence-corrected chi connectivity index (χ2v) is 9.33. The third kappa shape index (κ3) is 5.68. The first kappa shape index (κ1) is 22.9. The van der Waals surface area contributed by atoms with E-state index in [1.165, 1.54) is 18.5 Å². The van der Waals surface area contributed by atoms with Crippen LogP contribution in [0.5, 0.6) is 17.2 Å². The molecule has 1 N–H and O–H groups in total. The lowest BCUT2D eigenvalue weighted by atomic mass is 10.0. The number of hydrogen-bond donors (Lipinski definition) is 1. The molecule has 0 fully saturated rings. The fourth-order valence-electron chi connectivity index (χ4n) is 3.49. The highest BCUT2D eigenvalue weighted by Crippen LogP contribution is 2.25. The highest BCUT2D eigenvalue weighted by atomic mass is 32.2. The molecule has 1 heterocycles. The van der Waals surface area contributed by atoms with E-state index < -0.39 is 10.0 Å². The van der Waals surface area contributed by atoms with Gasteiger partial charge in [0.2, 0.25) is 10.0 Å². The van der Waals surface area contributed by atoms with Gasteiger partial charge in [-0.1, -0.05) is 6.07 Å². The van der Waals surface area contributed by atoms with Gasteiger partial charge in [0.25, 0.3) is 5.91 Å². The topological polar surface area (TPSA) is 94.2 Å². The van der Waals surface area contributed by atoms with E-state index in [4.69, 9.17) is 14.2 Å². The summed E-state index contributed by atoms with van der Waals surface area (Å²) in [4.78, 5) is 12.4. The van der Waals surface area contributed by atoms with Crippen molar-refractivity contribution in [1.29, 1.82) is 0 Å². The van der Waals surface area contributed by atoms with E-state index >= 15 is 0 Å². The maximum absolute atomic E-state index is 12.8. The van der Waals surface area contributed by atoms with Crippen molar-refractivity contribution in [3.05, 3.63) is 53.1 Å². The zero-order chi connectivity index (χ0) is 22.4. The van der Waals surface area contributed by atoms with Crippen molar-refractivity contribution < 1.29 is 27.4 Å². The molecular weight excluding hydrogens is 420 g/mol. The Morgan fingerprint density at radius 1 is 0.968 bits per heavy atom. The van der Waals surface area contributed by atoms with Crippen molar-refractivity contribution in [2.24, 2.45) is 0 Å². The van der Waals surface area contributed by atoms with E-state index in [9.17, 15) is 13.2 Å². The first-order valence-corrected chi connectivity index (χ1v) is 11.6. The summed E-state index contributed by atoms with van der Waals surface area (Å²) in [7, 11) is 1.22. The molecule has 0 unspecified atom stereocenters. The molecule has 9 heteroatoms. The average Bonchev–Trinajstić information content (AvgIpc) is 2.80. The Morgan fingerprint density at radius 3 is 2.29 bits per heavy atom. The van der Waals surface area contributed by atoms with Crippen LogP contribution in [0.15, 0.2) is 36.4 Å². The number of fused-ring (bicyclic) bond motifs is 1. The van der Waals surface area contributed by atoms with Crippen LogP contribution < -0.4 is 19.5 Å². The van der Waals surface area contributed by atoms with E-state index in [2.05, 4.69) is 5.32 Å². The van der Waals surface area contributed by atoms with Gasteiger partial charge in [0.1, 0.15) is 17.2 Å². The van der Waals surface area contributed by atoms with Gasteiger partial charge in [-0.3, -0.25) is 4.79 Å². The van der Waals surface area contributed by atoms with E-state index in [-0.39, 0.29) is 18.2 Å². The number of ether oxygens (including phenoxy) is 3. The fourth-order valence-corrected chi connectivity index (χ4v) is 4.97. The summed E-state index contributed by atoms with van der Waals surface area (Å²) >= 11 is 0. The van der Waals surface area contributed by atoms with Crippen LogP contribution in [0.1, 0.15) is 27.9 Å². The van der Waals surface area contributed by atoms with Crippen molar-refractivity contribution in [1.82, 2.24) is 9.62 Å². The summed E-state index contributed by atoms with van der Waals surface area (Å²) in [5.74, 6) is 1.46. The largest absolute Gasteiger partial charge is 0.497 e. The van der Waals surface area contributed by atoms with Gasteiger partial charge < -0.3 is 19.5 Å². The van der Waals surface area contributed by atoms with Crippen LogP contribution in [0, 0.1) is 0 Å². The summed E-state index contributed by atoms with van der Waals surface area (Å²) in [5, 5.41) is 2.76. The molecule has 168 valence electrons. The van der Waals surface area contributed by atoms with Gasteiger partial charge in [0, 0.05) is 31.3 Å². The summed E-state index contributed by atoms with van der Waals surface area (Å²) in [6.07, 6.45) is 0.974. The molecule has 0 aliphatic carbocycles. The third-order valence-corrected chi connectivity index (χ3v) is 7.17. The number of carbonyl (C=O) groups excluding carboxylic acids is 1. The number of benzene rings is 2. The molecule has 3 rings (SSSR count). The lowest BCUT2D eigenvalue weighted by Gasteiger charge is -2.28. The summed E-state index contributed by atoms with van der Waals surface area (Å²) in [5.41, 5.74) is 2.50. The fraction of sp³-hybridized carbons (Fsp3) is 0.409. The number of carbonyl (C=O) groups is 1. The SMILES string of the molecule is COc1cc(OC)cc(C(=O)NCCCS(=O)(=O)N2CCc3cc(OC)ccc3C2)c1. The molecule has 1 aliphatic rings. The Hall–Kier alpha value is -2.78. The first-order chi connectivity index (χ1) is 14.9. The molecule has 0 bridgehead atoms. The molecule has 2 aromatic rings. The molecule has 0 saturated heterocycles. The van der Waals surface area contributed by atoms with Crippen LogP contribution in [0.3, 0.4) is 0 Å². The van der Waals surface area contributed by atoms with Crippen LogP contribution in [0.4, 0.5) is 0 Å². The normalized spacial score (nSPS) is 13.9. The van der Waals surface area contributed by atoms with Crippen molar-refractivity contribution in [2.75, 3.05) is 40.2 Å². The lowest BCUT2D eigenvalue weighted by molar-refractivity contribution is 0.0953. The summed E-state index contributed by atoms with van der Waals surface area (Å²) in [6, 6.07) is 10.6. The predicted octanol–water partition coefficient (Wildman–Crippen LogP) is 2.22. The van der Waals surface area contributed by atoms with E-state index in [1.54, 1.807) is 25.3 Å². The Kier molecular flexibility index (Phi) is 7.40. The molecule has 0 spiro atoms. The number of rotatable bonds is 9. The number of sulfonamides is 1. The molecule has 0 radical (unpaired) electrons. The predicted molar refractivity (Wildman–Crippen MR) is 117 cm³/mol. The number of nitrogens with zero attached hydrogens (tertiary/aromatic N) is 1. The number of methoxy groups -OCH3 is 3. The number of nitrogens with one attached hydrogen (secondary N) is 1. The van der Waals surface area contributed by atoms with Crippen LogP contribution in [0.25, 0.3) is 0 Å². The Bertz CT molecular complexity index is 1020. The zero-order valence-corrected chi connectivity index (χ0v) is 18.8. The standard InChI is InChI=1S/C22H28N2O6S/c1-28-19-6-5-17-15-24(9-7-16(17)11-19)31(26,27)10-4-8-23-22(25)18-12-20(29-2)14-21(13-18)30-3/h5-6,11-14H,4,7-10,15H2,1-3H3,(H,23,25). The van der Waals surface area contributed by atoms with Gasteiger partial charge in [-0.15, -0.1) is 0 Å². The van der Waals surface area contributed by atoms with Crippen LogP contribution >= 0.6 is 0 Å². The second kappa shape index (κ2) is 10.0. The van der Waals surface area contributed by atoms with Crippen LogP contribution in [-0.4, -0.2) is 58.8 Å². The Labute approximate surface area is 183 Å². The molecule has 0 saturated carbocycles. The van der Waals surface area contributed by atoms with Gasteiger partial charge in [-0.05, 0) is 48.2 Å². The van der Waals surface area contributed by atoms with Gasteiger partial charge in [0.05, 0.1) is 27.1 Å². The molecule has 0 atom stereocenters.